The van der Waals surface area contributed by atoms with Crippen molar-refractivity contribution in [1.29, 1.82) is 0 Å². The van der Waals surface area contributed by atoms with Crippen LogP contribution < -0.4 is 5.32 Å². The van der Waals surface area contributed by atoms with Crippen LogP contribution in [-0.4, -0.2) is 56.3 Å². The monoisotopic (exact) mass is 542 g/mol. The molecule has 206 valence electrons. The third kappa shape index (κ3) is 5.62. The summed E-state index contributed by atoms with van der Waals surface area (Å²) in [6.07, 6.45) is 11.1. The Labute approximate surface area is 231 Å². The van der Waals surface area contributed by atoms with Crippen molar-refractivity contribution in [3.63, 3.8) is 0 Å². The SMILES string of the molecule is COCC=CC(=O)N1CCCCC1c1nc(-c2ccc(C(=O)Nc3cc(CF)ccn3)cc2)c2c(C)nccn12. The topological polar surface area (TPSA) is 102 Å². The van der Waals surface area contributed by atoms with E-state index in [1.807, 2.05) is 34.6 Å². The first-order valence-corrected chi connectivity index (χ1v) is 13.2. The van der Waals surface area contributed by atoms with Crippen molar-refractivity contribution in [3.8, 4) is 11.3 Å². The van der Waals surface area contributed by atoms with Crippen LogP contribution in [-0.2, 0) is 16.2 Å². The molecule has 0 aliphatic carbocycles. The molecule has 0 saturated carbocycles. The van der Waals surface area contributed by atoms with Gasteiger partial charge in [-0.2, -0.15) is 0 Å². The number of halogens is 1. The number of carbonyl (C=O) groups excluding carboxylic acids is 2. The Morgan fingerprint density at radius 3 is 2.75 bits per heavy atom. The highest BCUT2D eigenvalue weighted by Crippen LogP contribution is 2.35. The molecule has 5 rings (SSSR count). The fraction of sp³-hybridized carbons (Fsp3) is 0.300. The van der Waals surface area contributed by atoms with E-state index in [-0.39, 0.29) is 17.9 Å². The Bertz CT molecular complexity index is 1550. The molecular weight excluding hydrogens is 511 g/mol. The van der Waals surface area contributed by atoms with E-state index in [4.69, 9.17) is 9.72 Å². The number of anilines is 1. The maximum atomic E-state index is 13.1. The van der Waals surface area contributed by atoms with E-state index in [0.717, 1.165) is 47.6 Å². The summed E-state index contributed by atoms with van der Waals surface area (Å²) in [6.45, 7) is 2.33. The van der Waals surface area contributed by atoms with Gasteiger partial charge in [-0.15, -0.1) is 0 Å². The largest absolute Gasteiger partial charge is 0.381 e. The number of benzene rings is 1. The fourth-order valence-electron chi connectivity index (χ4n) is 5.05. The zero-order chi connectivity index (χ0) is 28.1. The number of nitrogens with one attached hydrogen (secondary N) is 1. The number of hydrogen-bond acceptors (Lipinski definition) is 6. The molecule has 2 amide bonds. The van der Waals surface area contributed by atoms with Crippen LogP contribution in [0.25, 0.3) is 16.8 Å². The summed E-state index contributed by atoms with van der Waals surface area (Å²) in [5, 5.41) is 2.71. The molecule has 1 saturated heterocycles. The number of ether oxygens (including phenoxy) is 1. The number of rotatable bonds is 8. The summed E-state index contributed by atoms with van der Waals surface area (Å²) >= 11 is 0. The predicted octanol–water partition coefficient (Wildman–Crippen LogP) is 5.08. The third-order valence-corrected chi connectivity index (χ3v) is 7.01. The van der Waals surface area contributed by atoms with Gasteiger partial charge in [-0.3, -0.25) is 19.0 Å². The van der Waals surface area contributed by atoms with Gasteiger partial charge < -0.3 is 15.0 Å². The Hall–Kier alpha value is -4.44. The molecule has 10 heteroatoms. The number of fused-ring (bicyclic) bond motifs is 1. The Kier molecular flexibility index (Phi) is 8.26. The number of methoxy groups -OCH3 is 1. The molecule has 4 aromatic rings. The van der Waals surface area contributed by atoms with Crippen LogP contribution in [0.5, 0.6) is 0 Å². The minimum atomic E-state index is -0.633. The van der Waals surface area contributed by atoms with Crippen molar-refractivity contribution >= 4 is 23.1 Å². The van der Waals surface area contributed by atoms with Crippen molar-refractivity contribution in [3.05, 3.63) is 89.8 Å². The Balaban J connectivity index is 1.46. The zero-order valence-electron chi connectivity index (χ0n) is 22.5. The molecule has 1 aromatic carbocycles. The number of pyridine rings is 1. The first-order chi connectivity index (χ1) is 19.5. The summed E-state index contributed by atoms with van der Waals surface area (Å²) in [7, 11) is 1.59. The third-order valence-electron chi connectivity index (χ3n) is 7.01. The maximum absolute atomic E-state index is 13.1. The number of aromatic nitrogens is 4. The average molecular weight is 543 g/mol. The maximum Gasteiger partial charge on any atom is 0.256 e. The molecule has 1 N–H and O–H groups in total. The van der Waals surface area contributed by atoms with Gasteiger partial charge in [0.1, 0.15) is 18.3 Å². The van der Waals surface area contributed by atoms with Gasteiger partial charge >= 0.3 is 0 Å². The van der Waals surface area contributed by atoms with Crippen molar-refractivity contribution in [2.75, 3.05) is 25.6 Å². The number of piperidine rings is 1. The molecule has 0 spiro atoms. The quantitative estimate of drug-likeness (QED) is 0.312. The second-order valence-electron chi connectivity index (χ2n) is 9.67. The molecule has 0 radical (unpaired) electrons. The molecule has 3 aromatic heterocycles. The fourth-order valence-corrected chi connectivity index (χ4v) is 5.05. The van der Waals surface area contributed by atoms with Crippen LogP contribution in [0.2, 0.25) is 0 Å². The predicted molar refractivity (Wildman–Crippen MR) is 149 cm³/mol. The molecule has 1 aliphatic heterocycles. The van der Waals surface area contributed by atoms with Crippen molar-refractivity contribution < 1.29 is 18.7 Å². The Morgan fingerprint density at radius 2 is 1.98 bits per heavy atom. The number of alkyl halides is 1. The van der Waals surface area contributed by atoms with Gasteiger partial charge in [-0.25, -0.2) is 14.4 Å². The smallest absolute Gasteiger partial charge is 0.256 e. The lowest BCUT2D eigenvalue weighted by atomic mass is 10.0. The molecule has 1 fully saturated rings. The van der Waals surface area contributed by atoms with Crippen molar-refractivity contribution in [2.24, 2.45) is 0 Å². The summed E-state index contributed by atoms with van der Waals surface area (Å²) < 4.78 is 20.1. The molecule has 4 heterocycles. The second kappa shape index (κ2) is 12.2. The van der Waals surface area contributed by atoms with E-state index in [0.29, 0.717) is 30.1 Å². The number of nitrogens with zero attached hydrogens (tertiary/aromatic N) is 5. The highest BCUT2D eigenvalue weighted by molar-refractivity contribution is 6.04. The second-order valence-corrected chi connectivity index (χ2v) is 9.67. The average Bonchev–Trinajstić information content (AvgIpc) is 3.38. The van der Waals surface area contributed by atoms with Gasteiger partial charge in [-0.1, -0.05) is 18.2 Å². The number of amides is 2. The van der Waals surface area contributed by atoms with Gasteiger partial charge in [0.15, 0.2) is 0 Å². The molecule has 1 atom stereocenters. The first kappa shape index (κ1) is 27.1. The lowest BCUT2D eigenvalue weighted by Gasteiger charge is -2.34. The van der Waals surface area contributed by atoms with E-state index in [2.05, 4.69) is 15.3 Å². The molecule has 9 nitrogen and oxygen atoms in total. The van der Waals surface area contributed by atoms with Gasteiger partial charge in [0.25, 0.3) is 5.91 Å². The van der Waals surface area contributed by atoms with Crippen LogP contribution in [0.1, 0.15) is 52.7 Å². The number of carbonyl (C=O) groups is 2. The number of hydrogen-bond donors (Lipinski definition) is 1. The normalized spacial score (nSPS) is 15.6. The number of likely N-dealkylation sites (tertiary alicyclic amines) is 1. The first-order valence-electron chi connectivity index (χ1n) is 13.2. The van der Waals surface area contributed by atoms with E-state index < -0.39 is 6.67 Å². The summed E-state index contributed by atoms with van der Waals surface area (Å²) in [5.41, 5.74) is 4.10. The lowest BCUT2D eigenvalue weighted by Crippen LogP contribution is -2.38. The number of aryl methyl sites for hydroxylation is 1. The highest BCUT2D eigenvalue weighted by atomic mass is 19.1. The van der Waals surface area contributed by atoms with Crippen molar-refractivity contribution in [1.82, 2.24) is 24.3 Å². The van der Waals surface area contributed by atoms with Gasteiger partial charge in [-0.05, 0) is 56.0 Å². The molecule has 1 unspecified atom stereocenters. The lowest BCUT2D eigenvalue weighted by molar-refractivity contribution is -0.130. The van der Waals surface area contributed by atoms with Crippen LogP contribution in [0.4, 0.5) is 10.2 Å². The minimum absolute atomic E-state index is 0.0623. The van der Waals surface area contributed by atoms with Crippen LogP contribution in [0.15, 0.2) is 67.1 Å². The van der Waals surface area contributed by atoms with Gasteiger partial charge in [0.05, 0.1) is 29.6 Å². The van der Waals surface area contributed by atoms with Crippen molar-refractivity contribution in [2.45, 2.75) is 38.9 Å². The standard InChI is InChI=1S/C30H31FN6O3/c1-20-28-27(22-8-10-23(11-9-22)30(39)34-25-18-21(19-31)12-13-33-25)35-29(37(28)16-14-32-20)24-6-3-4-15-36(24)26(38)7-5-17-40-2/h5,7-14,16,18,24H,3-4,6,15,17,19H2,1-2H3,(H,33,34,39). The molecule has 1 aliphatic rings. The van der Waals surface area contributed by atoms with Gasteiger partial charge in [0.2, 0.25) is 5.91 Å². The Morgan fingerprint density at radius 1 is 1.15 bits per heavy atom. The minimum Gasteiger partial charge on any atom is -0.381 e. The molecular formula is C30H31FN6O3. The zero-order valence-corrected chi connectivity index (χ0v) is 22.5. The molecule has 40 heavy (non-hydrogen) atoms. The van der Waals surface area contributed by atoms with E-state index in [1.165, 1.54) is 12.3 Å². The van der Waals surface area contributed by atoms with Crippen LogP contribution >= 0.6 is 0 Å². The van der Waals surface area contributed by atoms with Gasteiger partial charge in [0, 0.05) is 49.4 Å². The van der Waals surface area contributed by atoms with Crippen LogP contribution in [0.3, 0.4) is 0 Å². The summed E-state index contributed by atoms with van der Waals surface area (Å²) in [6, 6.07) is 10.0. The van der Waals surface area contributed by atoms with E-state index >= 15 is 0 Å². The van der Waals surface area contributed by atoms with E-state index in [1.54, 1.807) is 43.7 Å². The van der Waals surface area contributed by atoms with E-state index in [9.17, 15) is 14.0 Å². The highest BCUT2D eigenvalue weighted by Gasteiger charge is 2.31. The number of imidazole rings is 1. The van der Waals surface area contributed by atoms with Crippen LogP contribution in [0, 0.1) is 6.92 Å². The summed E-state index contributed by atoms with van der Waals surface area (Å²) in [5.74, 6) is 0.664. The molecule has 0 bridgehead atoms. The summed E-state index contributed by atoms with van der Waals surface area (Å²) in [4.78, 5) is 41.4.